The number of carbonyl (C=O) groups is 1. The number of aliphatic hydroxyl groups excluding tert-OH is 1. The van der Waals surface area contributed by atoms with Crippen LogP contribution in [0.5, 0.6) is 0 Å². The second-order valence-corrected chi connectivity index (χ2v) is 5.97. The minimum Gasteiger partial charge on any atom is -0.396 e. The van der Waals surface area contributed by atoms with Crippen LogP contribution in [0, 0.1) is 11.8 Å². The van der Waals surface area contributed by atoms with E-state index in [2.05, 4.69) is 28.8 Å². The Kier molecular flexibility index (Phi) is 4.96. The molecule has 128 valence electrons. The van der Waals surface area contributed by atoms with E-state index in [0.717, 1.165) is 5.56 Å². The van der Waals surface area contributed by atoms with E-state index in [-0.39, 0.29) is 18.1 Å². The average molecular weight is 337 g/mol. The number of rotatable bonds is 3. The highest BCUT2D eigenvalue weighted by Gasteiger charge is 2.27. The van der Waals surface area contributed by atoms with Crippen molar-refractivity contribution in [1.82, 2.24) is 15.1 Å². The van der Waals surface area contributed by atoms with E-state index >= 15 is 0 Å². The molecule has 1 amide bonds. The van der Waals surface area contributed by atoms with Gasteiger partial charge in [0.1, 0.15) is 6.04 Å². The number of amides is 1. The number of hydrogen-bond donors (Lipinski definition) is 2. The van der Waals surface area contributed by atoms with E-state index in [1.807, 2.05) is 6.07 Å². The van der Waals surface area contributed by atoms with Crippen molar-refractivity contribution in [3.63, 3.8) is 0 Å². The van der Waals surface area contributed by atoms with Gasteiger partial charge < -0.3 is 10.4 Å². The summed E-state index contributed by atoms with van der Waals surface area (Å²) in [6.07, 6.45) is 3.99. The Hall–Kier alpha value is -2.91. The lowest BCUT2D eigenvalue weighted by molar-refractivity contribution is -0.125. The smallest absolute Gasteiger partial charge is 0.275 e. The lowest BCUT2D eigenvalue weighted by Gasteiger charge is -2.24. The number of fused-ring (bicyclic) bond motifs is 1. The SMILES string of the molecule is C=C1CCC(n2ncc3cc(C#CCCCO)ccc3c2=O)C(=O)N1. The van der Waals surface area contributed by atoms with Gasteiger partial charge in [-0.3, -0.25) is 9.59 Å². The van der Waals surface area contributed by atoms with Gasteiger partial charge in [-0.2, -0.15) is 5.10 Å². The number of hydrogen-bond acceptors (Lipinski definition) is 4. The van der Waals surface area contributed by atoms with Crippen LogP contribution in [0.15, 0.2) is 41.5 Å². The second kappa shape index (κ2) is 7.32. The highest BCUT2D eigenvalue weighted by atomic mass is 16.3. The summed E-state index contributed by atoms with van der Waals surface area (Å²) in [7, 11) is 0. The van der Waals surface area contributed by atoms with Gasteiger partial charge in [0, 0.05) is 29.7 Å². The predicted octanol–water partition coefficient (Wildman–Crippen LogP) is 1.49. The lowest BCUT2D eigenvalue weighted by Crippen LogP contribution is -2.41. The second-order valence-electron chi connectivity index (χ2n) is 5.97. The Labute approximate surface area is 145 Å². The molecule has 0 spiro atoms. The molecule has 0 saturated carbocycles. The van der Waals surface area contributed by atoms with Gasteiger partial charge in [-0.15, -0.1) is 0 Å². The van der Waals surface area contributed by atoms with Gasteiger partial charge >= 0.3 is 0 Å². The number of piperidine rings is 1. The molecule has 6 heteroatoms. The highest BCUT2D eigenvalue weighted by Crippen LogP contribution is 2.20. The largest absolute Gasteiger partial charge is 0.396 e. The molecule has 0 radical (unpaired) electrons. The molecule has 1 fully saturated rings. The van der Waals surface area contributed by atoms with Crippen LogP contribution in [-0.2, 0) is 4.79 Å². The Morgan fingerprint density at radius 1 is 1.40 bits per heavy atom. The highest BCUT2D eigenvalue weighted by molar-refractivity contribution is 5.85. The van der Waals surface area contributed by atoms with Crippen LogP contribution in [0.1, 0.15) is 37.3 Å². The molecule has 1 aliphatic rings. The van der Waals surface area contributed by atoms with Crippen molar-refractivity contribution in [3.8, 4) is 11.8 Å². The third kappa shape index (κ3) is 3.62. The zero-order valence-electron chi connectivity index (χ0n) is 13.8. The van der Waals surface area contributed by atoms with Gasteiger partial charge in [-0.25, -0.2) is 4.68 Å². The van der Waals surface area contributed by atoms with Gasteiger partial charge in [-0.05, 0) is 37.5 Å². The molecule has 6 nitrogen and oxygen atoms in total. The van der Waals surface area contributed by atoms with Crippen LogP contribution in [0.25, 0.3) is 10.8 Å². The molecular formula is C19H19N3O3. The summed E-state index contributed by atoms with van der Waals surface area (Å²) in [5.41, 5.74) is 1.17. The van der Waals surface area contributed by atoms with E-state index in [9.17, 15) is 9.59 Å². The summed E-state index contributed by atoms with van der Waals surface area (Å²) in [5.74, 6) is 5.74. The third-order valence-corrected chi connectivity index (χ3v) is 4.12. The van der Waals surface area contributed by atoms with Crippen molar-refractivity contribution in [3.05, 3.63) is 52.6 Å². The standard InChI is InChI=1S/C19H19N3O3/c1-13-6-9-17(18(24)21-13)22-19(25)16-8-7-14(5-3-2-4-10-23)11-15(16)12-20-22/h7-8,11-12,17,23H,1-2,4,6,9-10H2,(H,21,24). The summed E-state index contributed by atoms with van der Waals surface area (Å²) >= 11 is 0. The number of unbranched alkanes of at least 4 members (excludes halogenated alkanes) is 1. The fraction of sp³-hybridized carbons (Fsp3) is 0.316. The monoisotopic (exact) mass is 337 g/mol. The van der Waals surface area contributed by atoms with Gasteiger partial charge in [0.15, 0.2) is 0 Å². The van der Waals surface area contributed by atoms with Gasteiger partial charge in [-0.1, -0.05) is 18.4 Å². The molecule has 1 saturated heterocycles. The van der Waals surface area contributed by atoms with Crippen LogP contribution in [0.2, 0.25) is 0 Å². The molecule has 3 rings (SSSR count). The summed E-state index contributed by atoms with van der Waals surface area (Å²) in [5, 5.41) is 16.8. The Bertz CT molecular complexity index is 950. The molecule has 0 aliphatic carbocycles. The molecule has 2 aromatic rings. The van der Waals surface area contributed by atoms with Crippen LogP contribution in [0.3, 0.4) is 0 Å². The third-order valence-electron chi connectivity index (χ3n) is 4.12. The van der Waals surface area contributed by atoms with E-state index in [1.165, 1.54) is 4.68 Å². The first kappa shape index (κ1) is 16.9. The molecule has 1 aliphatic heterocycles. The van der Waals surface area contributed by atoms with Gasteiger partial charge in [0.2, 0.25) is 5.91 Å². The summed E-state index contributed by atoms with van der Waals surface area (Å²) < 4.78 is 1.25. The Balaban J connectivity index is 1.92. The number of aromatic nitrogens is 2. The van der Waals surface area contributed by atoms with Crippen molar-refractivity contribution in [2.24, 2.45) is 0 Å². The molecule has 0 bridgehead atoms. The van der Waals surface area contributed by atoms with Gasteiger partial charge in [0.05, 0.1) is 11.6 Å². The normalized spacial score (nSPS) is 17.1. The fourth-order valence-electron chi connectivity index (χ4n) is 2.79. The molecule has 2 heterocycles. The zero-order valence-corrected chi connectivity index (χ0v) is 13.8. The number of carbonyl (C=O) groups excluding carboxylic acids is 1. The summed E-state index contributed by atoms with van der Waals surface area (Å²) in [4.78, 5) is 24.8. The lowest BCUT2D eigenvalue weighted by atomic mass is 10.0. The first-order valence-electron chi connectivity index (χ1n) is 8.20. The maximum absolute atomic E-state index is 12.7. The molecule has 1 unspecified atom stereocenters. The Morgan fingerprint density at radius 3 is 3.00 bits per heavy atom. The fourth-order valence-corrected chi connectivity index (χ4v) is 2.79. The summed E-state index contributed by atoms with van der Waals surface area (Å²) in [6, 6.07) is 4.69. The van der Waals surface area contributed by atoms with Gasteiger partial charge in [0.25, 0.3) is 5.56 Å². The maximum atomic E-state index is 12.7. The number of nitrogens with one attached hydrogen (secondary N) is 1. The zero-order chi connectivity index (χ0) is 17.8. The molecule has 1 atom stereocenters. The van der Waals surface area contributed by atoms with Crippen LogP contribution < -0.4 is 10.9 Å². The predicted molar refractivity (Wildman–Crippen MR) is 94.8 cm³/mol. The van der Waals surface area contributed by atoms with E-state index in [0.29, 0.717) is 42.2 Å². The molecule has 25 heavy (non-hydrogen) atoms. The van der Waals surface area contributed by atoms with Crippen molar-refractivity contribution in [2.45, 2.75) is 31.7 Å². The van der Waals surface area contributed by atoms with Crippen molar-refractivity contribution < 1.29 is 9.90 Å². The minimum absolute atomic E-state index is 0.123. The van der Waals surface area contributed by atoms with E-state index in [1.54, 1.807) is 18.3 Å². The van der Waals surface area contributed by atoms with Crippen LogP contribution >= 0.6 is 0 Å². The molecule has 1 aromatic heterocycles. The molecular weight excluding hydrogens is 318 g/mol. The number of allylic oxidation sites excluding steroid dienone is 1. The molecule has 1 aromatic carbocycles. The number of aliphatic hydroxyl groups is 1. The van der Waals surface area contributed by atoms with E-state index < -0.39 is 6.04 Å². The maximum Gasteiger partial charge on any atom is 0.275 e. The number of nitrogens with zero attached hydrogens (tertiary/aromatic N) is 2. The first-order chi connectivity index (χ1) is 12.1. The van der Waals surface area contributed by atoms with Crippen LogP contribution in [-0.4, -0.2) is 27.4 Å². The quantitative estimate of drug-likeness (QED) is 0.656. The first-order valence-corrected chi connectivity index (χ1v) is 8.20. The van der Waals surface area contributed by atoms with Crippen molar-refractivity contribution in [1.29, 1.82) is 0 Å². The average Bonchev–Trinajstić information content (AvgIpc) is 2.60. The van der Waals surface area contributed by atoms with Crippen molar-refractivity contribution >= 4 is 16.7 Å². The van der Waals surface area contributed by atoms with Crippen LogP contribution in [0.4, 0.5) is 0 Å². The topological polar surface area (TPSA) is 84.2 Å². The molecule has 2 N–H and O–H groups in total. The van der Waals surface area contributed by atoms with Crippen molar-refractivity contribution in [2.75, 3.05) is 6.61 Å². The Morgan fingerprint density at radius 2 is 2.24 bits per heavy atom. The number of benzene rings is 1. The summed E-state index contributed by atoms with van der Waals surface area (Å²) in [6.45, 7) is 3.87. The minimum atomic E-state index is -0.611. The van der Waals surface area contributed by atoms with E-state index in [4.69, 9.17) is 5.11 Å².